The van der Waals surface area contributed by atoms with E-state index in [1.54, 1.807) is 0 Å². The lowest BCUT2D eigenvalue weighted by atomic mass is 10.3. The standard InChI is InChI=1S/C9H12ClFN2O4S/c10-5-1-7(12)9(11)8(2-5)18(16,17)13-6(3-14)4-15/h1-2,6,13-15H,3-4,12H2. The zero-order valence-corrected chi connectivity index (χ0v) is 10.7. The van der Waals surface area contributed by atoms with Crippen LogP contribution in [-0.4, -0.2) is 37.9 Å². The van der Waals surface area contributed by atoms with Crippen LogP contribution in [0.3, 0.4) is 0 Å². The molecule has 5 N–H and O–H groups in total. The molecule has 0 heterocycles. The molecule has 9 heteroatoms. The maximum atomic E-state index is 13.6. The highest BCUT2D eigenvalue weighted by Gasteiger charge is 2.24. The molecule has 0 bridgehead atoms. The molecule has 0 aliphatic carbocycles. The largest absolute Gasteiger partial charge is 0.396 e. The predicted octanol–water partition coefficient (Wildman–Crippen LogP) is -0.307. The van der Waals surface area contributed by atoms with E-state index in [9.17, 15) is 12.8 Å². The third kappa shape index (κ3) is 3.30. The predicted molar refractivity (Wildman–Crippen MR) is 64.1 cm³/mol. The molecular formula is C9H12ClFN2O4S. The maximum Gasteiger partial charge on any atom is 0.244 e. The van der Waals surface area contributed by atoms with E-state index in [0.717, 1.165) is 12.1 Å². The summed E-state index contributed by atoms with van der Waals surface area (Å²) in [7, 11) is -4.27. The van der Waals surface area contributed by atoms with E-state index in [-0.39, 0.29) is 5.02 Å². The van der Waals surface area contributed by atoms with Crippen molar-refractivity contribution in [3.63, 3.8) is 0 Å². The summed E-state index contributed by atoms with van der Waals surface area (Å²) in [6.45, 7) is -1.26. The topological polar surface area (TPSA) is 113 Å². The van der Waals surface area contributed by atoms with Gasteiger partial charge in [-0.3, -0.25) is 0 Å². The van der Waals surface area contributed by atoms with Crippen molar-refractivity contribution in [1.82, 2.24) is 4.72 Å². The van der Waals surface area contributed by atoms with Gasteiger partial charge in [-0.1, -0.05) is 11.6 Å². The molecule has 0 aromatic heterocycles. The summed E-state index contributed by atoms with van der Waals surface area (Å²) in [6, 6.07) is 0.835. The number of rotatable bonds is 5. The second-order valence-electron chi connectivity index (χ2n) is 3.49. The number of halogens is 2. The van der Waals surface area contributed by atoms with Crippen LogP contribution in [0.4, 0.5) is 10.1 Å². The lowest BCUT2D eigenvalue weighted by Crippen LogP contribution is -2.40. The van der Waals surface area contributed by atoms with Crippen LogP contribution in [0.15, 0.2) is 17.0 Å². The second-order valence-corrected chi connectivity index (χ2v) is 5.61. The van der Waals surface area contributed by atoms with Gasteiger partial charge in [-0.2, -0.15) is 0 Å². The van der Waals surface area contributed by atoms with E-state index < -0.39 is 45.7 Å². The fourth-order valence-corrected chi connectivity index (χ4v) is 2.84. The average Bonchev–Trinajstić information content (AvgIpc) is 2.30. The Hall–Kier alpha value is -0.930. The van der Waals surface area contributed by atoms with Crippen LogP contribution in [0.5, 0.6) is 0 Å². The molecule has 0 saturated carbocycles. The molecule has 1 aromatic carbocycles. The molecule has 0 spiro atoms. The van der Waals surface area contributed by atoms with Crippen molar-refractivity contribution in [2.75, 3.05) is 18.9 Å². The zero-order valence-electron chi connectivity index (χ0n) is 9.10. The van der Waals surface area contributed by atoms with Crippen molar-refractivity contribution in [2.24, 2.45) is 0 Å². The lowest BCUT2D eigenvalue weighted by molar-refractivity contribution is 0.185. The Kier molecular flexibility index (Phi) is 4.88. The number of aliphatic hydroxyl groups excluding tert-OH is 2. The molecule has 0 unspecified atom stereocenters. The Bertz CT molecular complexity index is 534. The van der Waals surface area contributed by atoms with Crippen molar-refractivity contribution in [1.29, 1.82) is 0 Å². The Balaban J connectivity index is 3.20. The average molecular weight is 299 g/mol. The molecule has 18 heavy (non-hydrogen) atoms. The van der Waals surface area contributed by atoms with E-state index in [1.165, 1.54) is 0 Å². The van der Waals surface area contributed by atoms with Gasteiger partial charge in [-0.25, -0.2) is 17.5 Å². The van der Waals surface area contributed by atoms with Gasteiger partial charge in [0.1, 0.15) is 4.90 Å². The normalized spacial score (nSPS) is 12.1. The van der Waals surface area contributed by atoms with Gasteiger partial charge >= 0.3 is 0 Å². The van der Waals surface area contributed by atoms with Gasteiger partial charge in [0, 0.05) is 5.02 Å². The first-order valence-corrected chi connectivity index (χ1v) is 6.66. The fourth-order valence-electron chi connectivity index (χ4n) is 1.20. The summed E-state index contributed by atoms with van der Waals surface area (Å²) in [5.41, 5.74) is 4.85. The molecule has 102 valence electrons. The molecule has 1 rings (SSSR count). The monoisotopic (exact) mass is 298 g/mol. The number of aliphatic hydroxyl groups is 2. The third-order valence-electron chi connectivity index (χ3n) is 2.08. The highest BCUT2D eigenvalue weighted by molar-refractivity contribution is 7.89. The number of nitrogens with one attached hydrogen (secondary N) is 1. The van der Waals surface area contributed by atoms with Crippen LogP contribution in [0.25, 0.3) is 0 Å². The van der Waals surface area contributed by atoms with Gasteiger partial charge in [-0.15, -0.1) is 0 Å². The molecule has 0 saturated heterocycles. The Labute approximate surface area is 108 Å². The number of nitrogen functional groups attached to an aromatic ring is 1. The van der Waals surface area contributed by atoms with Gasteiger partial charge < -0.3 is 15.9 Å². The minimum Gasteiger partial charge on any atom is -0.396 e. The van der Waals surface area contributed by atoms with Crippen molar-refractivity contribution in [3.05, 3.63) is 23.0 Å². The van der Waals surface area contributed by atoms with Crippen LogP contribution in [0, 0.1) is 5.82 Å². The molecule has 6 nitrogen and oxygen atoms in total. The van der Waals surface area contributed by atoms with Crippen molar-refractivity contribution >= 4 is 27.3 Å². The SMILES string of the molecule is Nc1cc(Cl)cc(S(=O)(=O)NC(CO)CO)c1F. The first kappa shape index (κ1) is 15.1. The quantitative estimate of drug-likeness (QED) is 0.557. The molecule has 0 fully saturated rings. The fraction of sp³-hybridized carbons (Fsp3) is 0.333. The van der Waals surface area contributed by atoms with Crippen molar-refractivity contribution in [2.45, 2.75) is 10.9 Å². The Morgan fingerprint density at radius 3 is 2.44 bits per heavy atom. The van der Waals surface area contributed by atoms with Crippen molar-refractivity contribution in [3.8, 4) is 0 Å². The van der Waals surface area contributed by atoms with E-state index in [2.05, 4.69) is 0 Å². The Morgan fingerprint density at radius 1 is 1.39 bits per heavy atom. The van der Waals surface area contributed by atoms with Crippen LogP contribution in [0.2, 0.25) is 5.02 Å². The summed E-state index contributed by atoms with van der Waals surface area (Å²) in [5, 5.41) is 17.5. The third-order valence-corrected chi connectivity index (χ3v) is 3.82. The molecule has 0 radical (unpaired) electrons. The number of hydrogen-bond donors (Lipinski definition) is 4. The first-order chi connectivity index (χ1) is 8.31. The highest BCUT2D eigenvalue weighted by Crippen LogP contribution is 2.25. The smallest absolute Gasteiger partial charge is 0.244 e. The van der Waals surface area contributed by atoms with Crippen LogP contribution < -0.4 is 10.5 Å². The van der Waals surface area contributed by atoms with Gasteiger partial charge in [0.2, 0.25) is 10.0 Å². The van der Waals surface area contributed by atoms with Gasteiger partial charge in [0.05, 0.1) is 24.9 Å². The van der Waals surface area contributed by atoms with E-state index in [4.69, 9.17) is 27.5 Å². The van der Waals surface area contributed by atoms with Gasteiger partial charge in [0.25, 0.3) is 0 Å². The van der Waals surface area contributed by atoms with E-state index in [1.807, 2.05) is 4.72 Å². The number of nitrogens with two attached hydrogens (primary N) is 1. The van der Waals surface area contributed by atoms with E-state index >= 15 is 0 Å². The molecule has 1 aromatic rings. The van der Waals surface area contributed by atoms with Crippen molar-refractivity contribution < 1.29 is 23.0 Å². The number of benzene rings is 1. The summed E-state index contributed by atoms with van der Waals surface area (Å²) in [6.07, 6.45) is 0. The van der Waals surface area contributed by atoms with Gasteiger partial charge in [0.15, 0.2) is 5.82 Å². The summed E-state index contributed by atoms with van der Waals surface area (Å²) >= 11 is 5.59. The first-order valence-electron chi connectivity index (χ1n) is 4.80. The molecule has 0 aliphatic rings. The van der Waals surface area contributed by atoms with E-state index in [0.29, 0.717) is 0 Å². The van der Waals surface area contributed by atoms with Crippen LogP contribution in [-0.2, 0) is 10.0 Å². The summed E-state index contributed by atoms with van der Waals surface area (Å²) in [5.74, 6) is -1.14. The molecule has 0 amide bonds. The van der Waals surface area contributed by atoms with Gasteiger partial charge in [-0.05, 0) is 12.1 Å². The number of sulfonamides is 1. The summed E-state index contributed by atoms with van der Waals surface area (Å²) < 4.78 is 39.1. The minimum atomic E-state index is -4.27. The molecule has 0 atom stereocenters. The van der Waals surface area contributed by atoms with Crippen LogP contribution >= 0.6 is 11.6 Å². The highest BCUT2D eigenvalue weighted by atomic mass is 35.5. The molecular weight excluding hydrogens is 287 g/mol. The zero-order chi connectivity index (χ0) is 13.9. The minimum absolute atomic E-state index is 0.0428. The summed E-state index contributed by atoms with van der Waals surface area (Å²) in [4.78, 5) is -0.737. The number of hydrogen-bond acceptors (Lipinski definition) is 5. The maximum absolute atomic E-state index is 13.6. The lowest BCUT2D eigenvalue weighted by Gasteiger charge is -2.14. The molecule has 0 aliphatic heterocycles. The second kappa shape index (κ2) is 5.81. The van der Waals surface area contributed by atoms with Crippen LogP contribution in [0.1, 0.15) is 0 Å². The Morgan fingerprint density at radius 2 is 1.94 bits per heavy atom. The number of anilines is 1.